The minimum Gasteiger partial charge on any atom is -0.453 e. The number of ether oxygens (including phenoxy) is 2. The molecular formula is C42H42N10O6. The summed E-state index contributed by atoms with van der Waals surface area (Å²) >= 11 is 0. The van der Waals surface area contributed by atoms with Crippen molar-refractivity contribution in [1.29, 1.82) is 0 Å². The fourth-order valence-corrected chi connectivity index (χ4v) is 6.85. The molecule has 7 rings (SSSR count). The number of H-pyrrole nitrogens is 2. The fraction of sp³-hybridized carbons (Fsp3) is 0.238. The molecule has 3 aromatic carbocycles. The van der Waals surface area contributed by atoms with Crippen molar-refractivity contribution >= 4 is 24.0 Å². The third-order valence-electron chi connectivity index (χ3n) is 9.90. The topological polar surface area (TPSA) is 209 Å². The third-order valence-corrected chi connectivity index (χ3v) is 9.90. The number of alkyl carbamates (subject to hydrolysis) is 2. The number of carbonyl (C=O) groups excluding carboxylic acids is 4. The van der Waals surface area contributed by atoms with Gasteiger partial charge in [0.05, 0.1) is 68.2 Å². The molecule has 1 aliphatic rings. The van der Waals surface area contributed by atoms with Crippen LogP contribution in [0, 0.1) is 0 Å². The predicted molar refractivity (Wildman–Crippen MR) is 212 cm³/mol. The molecule has 4 atom stereocenters. The van der Waals surface area contributed by atoms with Crippen LogP contribution in [0.5, 0.6) is 0 Å². The quantitative estimate of drug-likeness (QED) is 0.0984. The number of hydrogen-bond donors (Lipinski definition) is 5. The monoisotopic (exact) mass is 782 g/mol. The Balaban J connectivity index is 0.990. The molecule has 296 valence electrons. The molecule has 5 N–H and O–H groups in total. The summed E-state index contributed by atoms with van der Waals surface area (Å²) in [4.78, 5) is 78.0. The molecule has 6 aromatic rings. The first-order chi connectivity index (χ1) is 28.2. The molecule has 58 heavy (non-hydrogen) atoms. The van der Waals surface area contributed by atoms with Gasteiger partial charge in [-0.05, 0) is 36.5 Å². The van der Waals surface area contributed by atoms with Crippen LogP contribution in [0.15, 0.2) is 110 Å². The number of carbonyl (C=O) groups is 4. The Morgan fingerprint density at radius 1 is 0.672 bits per heavy atom. The van der Waals surface area contributed by atoms with Crippen LogP contribution in [0.1, 0.15) is 66.7 Å². The molecule has 0 radical (unpaired) electrons. The van der Waals surface area contributed by atoms with Gasteiger partial charge < -0.3 is 40.3 Å². The highest BCUT2D eigenvalue weighted by Gasteiger charge is 2.37. The van der Waals surface area contributed by atoms with Crippen LogP contribution in [0.25, 0.3) is 33.9 Å². The number of likely N-dealkylation sites (tertiary alicyclic amines) is 1. The molecule has 0 bridgehead atoms. The van der Waals surface area contributed by atoms with Gasteiger partial charge in [-0.25, -0.2) is 19.6 Å². The van der Waals surface area contributed by atoms with Crippen LogP contribution in [-0.2, 0) is 19.1 Å². The Labute approximate surface area is 333 Å². The van der Waals surface area contributed by atoms with E-state index in [1.165, 1.54) is 14.2 Å². The maximum absolute atomic E-state index is 13.9. The Morgan fingerprint density at radius 3 is 1.90 bits per heavy atom. The number of benzene rings is 3. The number of nitrogens with zero attached hydrogens (tertiary/aromatic N) is 5. The molecular weight excluding hydrogens is 741 g/mol. The van der Waals surface area contributed by atoms with Crippen LogP contribution >= 0.6 is 0 Å². The summed E-state index contributed by atoms with van der Waals surface area (Å²) in [5.41, 5.74) is 5.67. The van der Waals surface area contributed by atoms with Crippen LogP contribution in [0.3, 0.4) is 0 Å². The van der Waals surface area contributed by atoms with Gasteiger partial charge in [0.15, 0.2) is 0 Å². The van der Waals surface area contributed by atoms with E-state index in [0.717, 1.165) is 29.7 Å². The normalized spacial score (nSPS) is 15.2. The molecule has 4 heterocycles. The van der Waals surface area contributed by atoms with E-state index in [9.17, 15) is 19.2 Å². The van der Waals surface area contributed by atoms with Crippen molar-refractivity contribution in [2.24, 2.45) is 0 Å². The van der Waals surface area contributed by atoms with Crippen molar-refractivity contribution in [1.82, 2.24) is 50.8 Å². The highest BCUT2D eigenvalue weighted by atomic mass is 16.5. The van der Waals surface area contributed by atoms with E-state index >= 15 is 0 Å². The van der Waals surface area contributed by atoms with Gasteiger partial charge in [0, 0.05) is 12.1 Å². The first-order valence-corrected chi connectivity index (χ1v) is 18.6. The van der Waals surface area contributed by atoms with Gasteiger partial charge in [0.1, 0.15) is 29.4 Å². The second-order valence-electron chi connectivity index (χ2n) is 13.6. The number of hydrogen-bond acceptors (Lipinski definition) is 10. The van der Waals surface area contributed by atoms with E-state index in [-0.39, 0.29) is 11.9 Å². The number of aromatic nitrogens is 6. The van der Waals surface area contributed by atoms with Crippen LogP contribution in [0.2, 0.25) is 0 Å². The van der Waals surface area contributed by atoms with E-state index in [1.54, 1.807) is 73.0 Å². The van der Waals surface area contributed by atoms with E-state index in [0.29, 0.717) is 46.4 Å². The zero-order valence-electron chi connectivity index (χ0n) is 32.0. The van der Waals surface area contributed by atoms with Gasteiger partial charge in [0.2, 0.25) is 5.91 Å². The predicted octanol–water partition coefficient (Wildman–Crippen LogP) is 5.96. The van der Waals surface area contributed by atoms with Crippen molar-refractivity contribution < 1.29 is 28.7 Å². The number of aromatic amines is 2. The van der Waals surface area contributed by atoms with Crippen molar-refractivity contribution in [3.8, 4) is 33.9 Å². The maximum atomic E-state index is 13.9. The van der Waals surface area contributed by atoms with Crippen LogP contribution in [0.4, 0.5) is 9.59 Å². The molecule has 1 aliphatic heterocycles. The molecule has 0 aliphatic carbocycles. The van der Waals surface area contributed by atoms with Gasteiger partial charge in [-0.1, -0.05) is 84.9 Å². The number of methoxy groups -OCH3 is 2. The minimum atomic E-state index is -0.965. The highest BCUT2D eigenvalue weighted by Crippen LogP contribution is 2.34. The van der Waals surface area contributed by atoms with E-state index < -0.39 is 36.2 Å². The van der Waals surface area contributed by atoms with E-state index in [2.05, 4.69) is 45.9 Å². The average molecular weight is 783 g/mol. The van der Waals surface area contributed by atoms with E-state index in [1.807, 2.05) is 48.5 Å². The minimum absolute atomic E-state index is 0.233. The molecule has 4 amide bonds. The lowest BCUT2D eigenvalue weighted by atomic mass is 10.1. The Bertz CT molecular complexity index is 2350. The molecule has 0 spiro atoms. The van der Waals surface area contributed by atoms with Gasteiger partial charge in [-0.3, -0.25) is 19.6 Å². The number of rotatable bonds is 12. The summed E-state index contributed by atoms with van der Waals surface area (Å²) in [6, 6.07) is 23.1. The van der Waals surface area contributed by atoms with Crippen molar-refractivity contribution in [3.05, 3.63) is 132 Å². The zero-order valence-corrected chi connectivity index (χ0v) is 32.0. The Hall–Kier alpha value is -7.36. The summed E-state index contributed by atoms with van der Waals surface area (Å²) in [6.45, 7) is 2.31. The summed E-state index contributed by atoms with van der Waals surface area (Å²) in [6.07, 6.45) is 6.82. The lowest BCUT2D eigenvalue weighted by Crippen LogP contribution is -2.42. The number of imidazole rings is 2. The summed E-state index contributed by atoms with van der Waals surface area (Å²) in [5.74, 6) is 0.502. The highest BCUT2D eigenvalue weighted by molar-refractivity contribution is 5.88. The lowest BCUT2D eigenvalue weighted by molar-refractivity contribution is -0.134. The average Bonchev–Trinajstić information content (AvgIpc) is 4.07. The molecule has 0 saturated carbocycles. The molecule has 3 aromatic heterocycles. The van der Waals surface area contributed by atoms with Gasteiger partial charge in [-0.15, -0.1) is 0 Å². The van der Waals surface area contributed by atoms with Crippen LogP contribution < -0.4 is 16.0 Å². The number of amides is 4. The standard InChI is InChI=1S/C42H42N10O6/c1-25(47-39(53)35(50-41(55)57-2)28-11-6-4-7-12-28)37-45-24-33(49-37)32-23-43-30(21-44-32)26-16-18-27(19-17-26)31-22-46-38(48-31)34-15-10-20-52(34)40(54)36(51-42(56)58-3)29-13-8-5-9-14-29/h4-9,11-14,16-19,21-25,34-36H,10,15,20H2,1-3H3,(H,45,49)(H,46,48)(H,47,53)(H,50,55)(H,51,56)/t25-,34-,35+,36+/m0/s1. The molecule has 16 heteroatoms. The molecule has 16 nitrogen and oxygen atoms in total. The second-order valence-corrected chi connectivity index (χ2v) is 13.6. The summed E-state index contributed by atoms with van der Waals surface area (Å²) in [7, 11) is 2.51. The molecule has 0 unspecified atom stereocenters. The van der Waals surface area contributed by atoms with Crippen molar-refractivity contribution in [2.45, 2.75) is 43.9 Å². The summed E-state index contributed by atoms with van der Waals surface area (Å²) < 4.78 is 9.53. The first kappa shape index (κ1) is 38.9. The molecule has 1 saturated heterocycles. The molecule has 1 fully saturated rings. The smallest absolute Gasteiger partial charge is 0.407 e. The van der Waals surface area contributed by atoms with Gasteiger partial charge in [0.25, 0.3) is 5.91 Å². The Kier molecular flexibility index (Phi) is 11.8. The SMILES string of the molecule is COC(=O)N[C@@H](C(=O)N[C@@H](C)c1ncc(-c2cnc(-c3ccc(-c4cnc([C@@H]5CCCN5C(=O)[C@H](NC(=O)OC)c5ccccc5)[nH]4)cc3)cn2)[nH]1)c1ccccc1. The largest absolute Gasteiger partial charge is 0.453 e. The Morgan fingerprint density at radius 2 is 1.26 bits per heavy atom. The first-order valence-electron chi connectivity index (χ1n) is 18.6. The van der Waals surface area contributed by atoms with Crippen LogP contribution in [-0.4, -0.2) is 79.6 Å². The number of nitrogens with one attached hydrogen (secondary N) is 5. The van der Waals surface area contributed by atoms with Crippen molar-refractivity contribution in [3.63, 3.8) is 0 Å². The van der Waals surface area contributed by atoms with E-state index in [4.69, 9.17) is 9.47 Å². The van der Waals surface area contributed by atoms with Gasteiger partial charge in [-0.2, -0.15) is 0 Å². The maximum Gasteiger partial charge on any atom is 0.407 e. The second kappa shape index (κ2) is 17.6. The lowest BCUT2D eigenvalue weighted by Gasteiger charge is -2.28. The van der Waals surface area contributed by atoms with Gasteiger partial charge >= 0.3 is 12.2 Å². The summed E-state index contributed by atoms with van der Waals surface area (Å²) in [5, 5.41) is 8.17. The zero-order chi connectivity index (χ0) is 40.6. The fourth-order valence-electron chi connectivity index (χ4n) is 6.85. The third kappa shape index (κ3) is 8.70. The van der Waals surface area contributed by atoms with Crippen molar-refractivity contribution in [2.75, 3.05) is 20.8 Å².